The molecule has 1 saturated heterocycles. The van der Waals surface area contributed by atoms with Crippen molar-refractivity contribution in [2.75, 3.05) is 32.0 Å². The van der Waals surface area contributed by atoms with Gasteiger partial charge in [0, 0.05) is 50.5 Å². The molecule has 3 heterocycles. The highest BCUT2D eigenvalue weighted by Gasteiger charge is 2.25. The van der Waals surface area contributed by atoms with Crippen LogP contribution in [0.5, 0.6) is 0 Å². The maximum atomic E-state index is 12.3. The molecule has 27 heavy (non-hydrogen) atoms. The third-order valence-corrected chi connectivity index (χ3v) is 4.85. The smallest absolute Gasteiger partial charge is 0.254 e. The molecule has 1 fully saturated rings. The van der Waals surface area contributed by atoms with Crippen LogP contribution >= 0.6 is 0 Å². The number of hydrogen-bond donors (Lipinski definition) is 3. The molecule has 1 aliphatic rings. The Morgan fingerprint density at radius 2 is 2.37 bits per heavy atom. The van der Waals surface area contributed by atoms with Gasteiger partial charge in [-0.15, -0.1) is 0 Å². The van der Waals surface area contributed by atoms with Gasteiger partial charge in [-0.3, -0.25) is 9.69 Å². The van der Waals surface area contributed by atoms with Crippen molar-refractivity contribution in [3.63, 3.8) is 0 Å². The zero-order chi connectivity index (χ0) is 19.2. The topological polar surface area (TPSA) is 73.1 Å². The Labute approximate surface area is 160 Å². The van der Waals surface area contributed by atoms with Crippen molar-refractivity contribution >= 4 is 22.6 Å². The summed E-state index contributed by atoms with van der Waals surface area (Å²) in [5, 5.41) is 7.24. The monoisotopic (exact) mass is 365 g/mol. The number of allylic oxidation sites excluding steroid dienone is 3. The average molecular weight is 365 g/mol. The second-order valence-corrected chi connectivity index (χ2v) is 6.70. The van der Waals surface area contributed by atoms with Gasteiger partial charge in [-0.25, -0.2) is 4.98 Å². The number of hydrogen-bond acceptors (Lipinski definition) is 4. The zero-order valence-corrected chi connectivity index (χ0v) is 16.0. The van der Waals surface area contributed by atoms with Crippen LogP contribution in [0.4, 0.5) is 5.69 Å². The van der Waals surface area contributed by atoms with Crippen LogP contribution in [-0.4, -0.2) is 53.5 Å². The lowest BCUT2D eigenvalue weighted by molar-refractivity contribution is 0.0963. The van der Waals surface area contributed by atoms with E-state index in [-0.39, 0.29) is 11.9 Å². The molecule has 3 N–H and O–H groups in total. The zero-order valence-electron chi connectivity index (χ0n) is 16.0. The van der Waals surface area contributed by atoms with Crippen molar-refractivity contribution in [1.82, 2.24) is 20.2 Å². The van der Waals surface area contributed by atoms with Crippen LogP contribution in [-0.2, 0) is 0 Å². The molecule has 6 heteroatoms. The van der Waals surface area contributed by atoms with Gasteiger partial charge in [0.15, 0.2) is 0 Å². The summed E-state index contributed by atoms with van der Waals surface area (Å²) in [6, 6.07) is 2.24. The summed E-state index contributed by atoms with van der Waals surface area (Å²) in [5.41, 5.74) is 3.41. The van der Waals surface area contributed by atoms with E-state index in [1.165, 1.54) is 5.57 Å². The number of carbonyl (C=O) groups excluding carboxylic acids is 1. The number of amides is 1. The van der Waals surface area contributed by atoms with E-state index in [0.717, 1.165) is 42.8 Å². The average Bonchev–Trinajstić information content (AvgIpc) is 3.34. The minimum absolute atomic E-state index is 0.133. The van der Waals surface area contributed by atoms with Gasteiger partial charge in [-0.05, 0) is 25.0 Å². The van der Waals surface area contributed by atoms with Crippen molar-refractivity contribution in [3.8, 4) is 0 Å². The molecule has 2 aromatic rings. The van der Waals surface area contributed by atoms with Crippen LogP contribution in [0.25, 0.3) is 11.0 Å². The van der Waals surface area contributed by atoms with E-state index in [1.54, 1.807) is 13.2 Å². The Balaban J connectivity index is 1.76. The fourth-order valence-corrected chi connectivity index (χ4v) is 3.43. The first kappa shape index (κ1) is 18.9. The lowest BCUT2D eigenvalue weighted by Crippen LogP contribution is -2.29. The Morgan fingerprint density at radius 3 is 3.11 bits per heavy atom. The van der Waals surface area contributed by atoms with Crippen molar-refractivity contribution in [1.29, 1.82) is 0 Å². The fourth-order valence-electron chi connectivity index (χ4n) is 3.43. The Bertz CT molecular complexity index is 880. The maximum Gasteiger partial charge on any atom is 0.254 e. The molecule has 1 atom stereocenters. The van der Waals surface area contributed by atoms with E-state index >= 15 is 0 Å². The van der Waals surface area contributed by atoms with Crippen LogP contribution in [0.3, 0.4) is 0 Å². The molecule has 3 rings (SSSR count). The number of nitrogens with zero attached hydrogens (tertiary/aromatic N) is 2. The Kier molecular flexibility index (Phi) is 6.08. The molecule has 0 radical (unpaired) electrons. The lowest BCUT2D eigenvalue weighted by atomic mass is 10.1. The van der Waals surface area contributed by atoms with Crippen molar-refractivity contribution in [3.05, 3.63) is 60.5 Å². The molecule has 0 saturated carbocycles. The normalized spacial score (nSPS) is 18.3. The predicted octanol–water partition coefficient (Wildman–Crippen LogP) is 3.10. The third kappa shape index (κ3) is 4.28. The first-order valence-electron chi connectivity index (χ1n) is 9.27. The molecule has 2 aromatic heterocycles. The summed E-state index contributed by atoms with van der Waals surface area (Å²) in [6.45, 7) is 8.73. The molecule has 0 aliphatic carbocycles. The van der Waals surface area contributed by atoms with Crippen LogP contribution in [0.1, 0.15) is 23.7 Å². The van der Waals surface area contributed by atoms with Crippen LogP contribution < -0.4 is 10.6 Å². The first-order valence-corrected chi connectivity index (χ1v) is 9.27. The van der Waals surface area contributed by atoms with Gasteiger partial charge in [0.1, 0.15) is 5.65 Å². The van der Waals surface area contributed by atoms with Gasteiger partial charge >= 0.3 is 0 Å². The highest BCUT2D eigenvalue weighted by atomic mass is 16.1. The molecule has 6 nitrogen and oxygen atoms in total. The molecule has 1 unspecified atom stereocenters. The van der Waals surface area contributed by atoms with Gasteiger partial charge in [-0.2, -0.15) is 0 Å². The quantitative estimate of drug-likeness (QED) is 0.659. The van der Waals surface area contributed by atoms with E-state index in [1.807, 2.05) is 37.4 Å². The van der Waals surface area contributed by atoms with Gasteiger partial charge in [0.25, 0.3) is 5.91 Å². The van der Waals surface area contributed by atoms with E-state index in [4.69, 9.17) is 0 Å². The molecule has 1 amide bonds. The fraction of sp³-hybridized carbons (Fsp3) is 0.333. The molecular weight excluding hydrogens is 338 g/mol. The number of pyridine rings is 1. The number of anilines is 1. The third-order valence-electron chi connectivity index (χ3n) is 4.85. The van der Waals surface area contributed by atoms with Gasteiger partial charge < -0.3 is 15.6 Å². The number of likely N-dealkylation sites (tertiary alicyclic amines) is 1. The second-order valence-electron chi connectivity index (χ2n) is 6.70. The van der Waals surface area contributed by atoms with E-state index in [0.29, 0.717) is 5.56 Å². The van der Waals surface area contributed by atoms with Crippen molar-refractivity contribution in [2.45, 2.75) is 19.4 Å². The second kappa shape index (κ2) is 8.68. The minimum Gasteiger partial charge on any atom is -0.380 e. The standard InChI is InChI=1S/C21H27N5O/c1-4-6-7-15(5-2)13-26-11-9-16(14-26)25-19-17-8-10-23-20(17)24-12-18(19)21(27)22-3/h4-8,10,12,16H,2,9,11,13-14H2,1,3H3,(H,22,27)(H2,23,24,25)/b6-4-,15-7+. The number of nitrogens with one attached hydrogen (secondary N) is 3. The van der Waals surface area contributed by atoms with E-state index < -0.39 is 0 Å². The van der Waals surface area contributed by atoms with E-state index in [2.05, 4.69) is 38.2 Å². The number of H-pyrrole nitrogens is 1. The van der Waals surface area contributed by atoms with Crippen molar-refractivity contribution < 1.29 is 4.79 Å². The van der Waals surface area contributed by atoms with Crippen LogP contribution in [0.2, 0.25) is 0 Å². The largest absolute Gasteiger partial charge is 0.380 e. The van der Waals surface area contributed by atoms with Gasteiger partial charge in [-0.1, -0.05) is 30.9 Å². The number of aromatic nitrogens is 2. The highest BCUT2D eigenvalue weighted by molar-refractivity contribution is 6.06. The summed E-state index contributed by atoms with van der Waals surface area (Å²) in [6.07, 6.45) is 12.6. The summed E-state index contributed by atoms with van der Waals surface area (Å²) in [4.78, 5) is 22.2. The SMILES string of the molecule is C=C/C(=C\C=C/C)CN1CCC(Nc2c(C(=O)NC)cnc3[nH]ccc23)C1. The summed E-state index contributed by atoms with van der Waals surface area (Å²) < 4.78 is 0. The predicted molar refractivity (Wildman–Crippen MR) is 111 cm³/mol. The molecule has 1 aliphatic heterocycles. The molecule has 0 aromatic carbocycles. The first-order chi connectivity index (χ1) is 13.2. The van der Waals surface area contributed by atoms with E-state index in [9.17, 15) is 4.79 Å². The van der Waals surface area contributed by atoms with Crippen molar-refractivity contribution in [2.24, 2.45) is 0 Å². The Hall–Kier alpha value is -2.86. The Morgan fingerprint density at radius 1 is 1.52 bits per heavy atom. The van der Waals surface area contributed by atoms with Gasteiger partial charge in [0.05, 0.1) is 11.3 Å². The number of fused-ring (bicyclic) bond motifs is 1. The molecule has 0 bridgehead atoms. The lowest BCUT2D eigenvalue weighted by Gasteiger charge is -2.19. The number of aromatic amines is 1. The minimum atomic E-state index is -0.133. The molecular formula is C21H27N5O. The highest BCUT2D eigenvalue weighted by Crippen LogP contribution is 2.28. The van der Waals surface area contributed by atoms with Crippen LogP contribution in [0.15, 0.2) is 54.9 Å². The number of rotatable bonds is 7. The maximum absolute atomic E-state index is 12.3. The molecule has 0 spiro atoms. The summed E-state index contributed by atoms with van der Waals surface area (Å²) in [7, 11) is 1.64. The number of carbonyl (C=O) groups is 1. The molecule has 142 valence electrons. The summed E-state index contributed by atoms with van der Waals surface area (Å²) in [5.74, 6) is -0.133. The van der Waals surface area contributed by atoms with Crippen LogP contribution in [0, 0.1) is 0 Å². The summed E-state index contributed by atoms with van der Waals surface area (Å²) >= 11 is 0. The van der Waals surface area contributed by atoms with Gasteiger partial charge in [0.2, 0.25) is 0 Å².